The maximum Gasteiger partial charge on any atom is 0.323 e. The lowest BCUT2D eigenvalue weighted by Crippen LogP contribution is -2.36. The number of aromatic nitrogens is 1. The predicted octanol–water partition coefficient (Wildman–Crippen LogP) is 2.59. The highest BCUT2D eigenvalue weighted by Gasteiger charge is 2.25. The number of carbonyl (C=O) groups is 2. The van der Waals surface area contributed by atoms with E-state index in [1.807, 2.05) is 37.3 Å². The molecule has 22 heavy (non-hydrogen) atoms. The first-order valence-corrected chi connectivity index (χ1v) is 7.06. The van der Waals surface area contributed by atoms with Crippen molar-refractivity contribution in [3.05, 3.63) is 41.9 Å². The van der Waals surface area contributed by atoms with Gasteiger partial charge in [0.05, 0.1) is 0 Å². The number of oxazole rings is 1. The number of aryl methyl sites for hydroxylation is 1. The number of rotatable bonds is 6. The molecular weight excluding hydrogens is 284 g/mol. The molecule has 0 atom stereocenters. The lowest BCUT2D eigenvalue weighted by molar-refractivity contribution is -0.137. The van der Waals surface area contributed by atoms with E-state index >= 15 is 0 Å². The highest BCUT2D eigenvalue weighted by molar-refractivity contribution is 5.99. The van der Waals surface area contributed by atoms with Gasteiger partial charge in [-0.25, -0.2) is 4.98 Å². The second-order valence-corrected chi connectivity index (χ2v) is 4.90. The number of carboxylic acids is 1. The molecule has 1 heterocycles. The van der Waals surface area contributed by atoms with Crippen molar-refractivity contribution >= 4 is 11.9 Å². The summed E-state index contributed by atoms with van der Waals surface area (Å²) in [5.41, 5.74) is 0.886. The maximum atomic E-state index is 12.6. The van der Waals surface area contributed by atoms with Gasteiger partial charge in [-0.1, -0.05) is 37.3 Å². The van der Waals surface area contributed by atoms with Crippen LogP contribution in [0, 0.1) is 6.92 Å². The van der Waals surface area contributed by atoms with E-state index in [-0.39, 0.29) is 12.2 Å². The zero-order chi connectivity index (χ0) is 16.1. The van der Waals surface area contributed by atoms with E-state index < -0.39 is 11.9 Å². The van der Waals surface area contributed by atoms with Crippen LogP contribution in [0.25, 0.3) is 11.3 Å². The molecule has 0 spiro atoms. The standard InChI is InChI=1S/C16H18N2O4/c1-3-9-18(10-13(19)20)16(21)14-15(22-11(2)17-14)12-7-5-4-6-8-12/h4-8H,3,9-10H2,1-2H3,(H,19,20). The van der Waals surface area contributed by atoms with Gasteiger partial charge in [0.2, 0.25) is 0 Å². The van der Waals surface area contributed by atoms with Crippen LogP contribution in [0.3, 0.4) is 0 Å². The third kappa shape index (κ3) is 3.52. The van der Waals surface area contributed by atoms with Gasteiger partial charge in [0.25, 0.3) is 5.91 Å². The van der Waals surface area contributed by atoms with E-state index in [9.17, 15) is 9.59 Å². The number of carbonyl (C=O) groups excluding carboxylic acids is 1. The summed E-state index contributed by atoms with van der Waals surface area (Å²) in [6, 6.07) is 9.17. The molecule has 0 bridgehead atoms. The van der Waals surface area contributed by atoms with Crippen LogP contribution in [0.15, 0.2) is 34.7 Å². The molecule has 1 amide bonds. The molecule has 0 radical (unpaired) electrons. The maximum absolute atomic E-state index is 12.6. The zero-order valence-corrected chi connectivity index (χ0v) is 12.6. The minimum absolute atomic E-state index is 0.151. The Morgan fingerprint density at radius 3 is 2.55 bits per heavy atom. The number of benzene rings is 1. The van der Waals surface area contributed by atoms with E-state index in [2.05, 4.69) is 4.98 Å². The normalized spacial score (nSPS) is 10.5. The number of carboxylic acid groups (broad SMARTS) is 1. The second kappa shape index (κ2) is 6.89. The summed E-state index contributed by atoms with van der Waals surface area (Å²) < 4.78 is 5.55. The molecule has 0 aliphatic heterocycles. The van der Waals surface area contributed by atoms with Gasteiger partial charge in [0.15, 0.2) is 17.3 Å². The lowest BCUT2D eigenvalue weighted by Gasteiger charge is -2.19. The van der Waals surface area contributed by atoms with Gasteiger partial charge in [-0.2, -0.15) is 0 Å². The Hall–Kier alpha value is -2.63. The summed E-state index contributed by atoms with van der Waals surface area (Å²) in [5.74, 6) is -0.744. The van der Waals surface area contributed by atoms with E-state index in [0.717, 1.165) is 5.56 Å². The second-order valence-electron chi connectivity index (χ2n) is 4.90. The quantitative estimate of drug-likeness (QED) is 0.886. The van der Waals surface area contributed by atoms with Crippen molar-refractivity contribution in [3.8, 4) is 11.3 Å². The Labute approximate surface area is 128 Å². The molecule has 0 fully saturated rings. The number of amides is 1. The summed E-state index contributed by atoms with van der Waals surface area (Å²) >= 11 is 0. The van der Waals surface area contributed by atoms with E-state index in [1.165, 1.54) is 4.90 Å². The third-order valence-electron chi connectivity index (χ3n) is 3.08. The van der Waals surface area contributed by atoms with Crippen LogP contribution in [0.2, 0.25) is 0 Å². The molecule has 6 nitrogen and oxygen atoms in total. The first-order chi connectivity index (χ1) is 10.5. The Morgan fingerprint density at radius 2 is 1.95 bits per heavy atom. The van der Waals surface area contributed by atoms with Gasteiger partial charge in [0.1, 0.15) is 6.54 Å². The molecule has 2 rings (SSSR count). The van der Waals surface area contributed by atoms with E-state index in [1.54, 1.807) is 6.92 Å². The van der Waals surface area contributed by atoms with Crippen molar-refractivity contribution in [2.75, 3.05) is 13.1 Å². The van der Waals surface area contributed by atoms with Gasteiger partial charge in [0, 0.05) is 19.0 Å². The molecule has 2 aromatic rings. The summed E-state index contributed by atoms with van der Waals surface area (Å²) in [4.78, 5) is 29.0. The first kappa shape index (κ1) is 15.8. The average molecular weight is 302 g/mol. The summed E-state index contributed by atoms with van der Waals surface area (Å²) in [6.45, 7) is 3.54. The Bertz CT molecular complexity index is 664. The highest BCUT2D eigenvalue weighted by atomic mass is 16.4. The molecule has 1 aromatic heterocycles. The number of aliphatic carboxylic acids is 1. The molecule has 0 aliphatic carbocycles. The fourth-order valence-electron chi connectivity index (χ4n) is 2.19. The van der Waals surface area contributed by atoms with Gasteiger partial charge in [-0.3, -0.25) is 9.59 Å². The minimum Gasteiger partial charge on any atom is -0.480 e. The van der Waals surface area contributed by atoms with Crippen LogP contribution in [-0.2, 0) is 4.79 Å². The first-order valence-electron chi connectivity index (χ1n) is 7.06. The van der Waals surface area contributed by atoms with Gasteiger partial charge < -0.3 is 14.4 Å². The smallest absolute Gasteiger partial charge is 0.323 e. The van der Waals surface area contributed by atoms with Crippen molar-refractivity contribution in [3.63, 3.8) is 0 Å². The molecular formula is C16H18N2O4. The van der Waals surface area contributed by atoms with Crippen molar-refractivity contribution in [1.29, 1.82) is 0 Å². The monoisotopic (exact) mass is 302 g/mol. The lowest BCUT2D eigenvalue weighted by atomic mass is 10.1. The Morgan fingerprint density at radius 1 is 1.27 bits per heavy atom. The van der Waals surface area contributed by atoms with Crippen molar-refractivity contribution in [2.24, 2.45) is 0 Å². The van der Waals surface area contributed by atoms with Gasteiger partial charge >= 0.3 is 5.97 Å². The summed E-state index contributed by atoms with van der Waals surface area (Å²) in [7, 11) is 0. The molecule has 1 aromatic carbocycles. The molecule has 0 saturated carbocycles. The summed E-state index contributed by atoms with van der Waals surface area (Å²) in [5, 5.41) is 8.96. The molecule has 0 aliphatic rings. The van der Waals surface area contributed by atoms with E-state index in [4.69, 9.17) is 9.52 Å². The average Bonchev–Trinajstić information content (AvgIpc) is 2.88. The fraction of sp³-hybridized carbons (Fsp3) is 0.312. The van der Waals surface area contributed by atoms with Crippen LogP contribution >= 0.6 is 0 Å². The van der Waals surface area contributed by atoms with Gasteiger partial charge in [-0.15, -0.1) is 0 Å². The van der Waals surface area contributed by atoms with Crippen molar-refractivity contribution in [1.82, 2.24) is 9.88 Å². The molecule has 0 unspecified atom stereocenters. The number of hydrogen-bond acceptors (Lipinski definition) is 4. The van der Waals surface area contributed by atoms with Crippen LogP contribution in [0.4, 0.5) is 0 Å². The van der Waals surface area contributed by atoms with Crippen molar-refractivity contribution < 1.29 is 19.1 Å². The SMILES string of the molecule is CCCN(CC(=O)O)C(=O)c1nc(C)oc1-c1ccccc1. The van der Waals surface area contributed by atoms with Gasteiger partial charge in [-0.05, 0) is 6.42 Å². The topological polar surface area (TPSA) is 83.6 Å². The Balaban J connectivity index is 2.39. The molecule has 1 N–H and O–H groups in total. The van der Waals surface area contributed by atoms with Crippen molar-refractivity contribution in [2.45, 2.75) is 20.3 Å². The zero-order valence-electron chi connectivity index (χ0n) is 12.6. The summed E-state index contributed by atoms with van der Waals surface area (Å²) in [6.07, 6.45) is 0.663. The largest absolute Gasteiger partial charge is 0.480 e. The Kier molecular flexibility index (Phi) is 4.93. The number of nitrogens with zero attached hydrogens (tertiary/aromatic N) is 2. The fourth-order valence-corrected chi connectivity index (χ4v) is 2.19. The van der Waals surface area contributed by atoms with Crippen LogP contribution in [-0.4, -0.2) is 40.0 Å². The molecule has 116 valence electrons. The minimum atomic E-state index is -1.05. The van der Waals surface area contributed by atoms with Crippen LogP contribution < -0.4 is 0 Å². The van der Waals surface area contributed by atoms with Crippen LogP contribution in [0.5, 0.6) is 0 Å². The third-order valence-corrected chi connectivity index (χ3v) is 3.08. The molecule has 6 heteroatoms. The number of hydrogen-bond donors (Lipinski definition) is 1. The molecule has 0 saturated heterocycles. The highest BCUT2D eigenvalue weighted by Crippen LogP contribution is 2.25. The van der Waals surface area contributed by atoms with Crippen LogP contribution in [0.1, 0.15) is 29.7 Å². The predicted molar refractivity (Wildman–Crippen MR) is 80.5 cm³/mol. The van der Waals surface area contributed by atoms with E-state index in [0.29, 0.717) is 24.6 Å².